The maximum atomic E-state index is 10.6. The SMILES string of the molecule is C=CCN(CC(=O)O)C1CCCC1. The van der Waals surface area contributed by atoms with E-state index in [-0.39, 0.29) is 6.54 Å². The molecule has 1 N–H and O–H groups in total. The van der Waals surface area contributed by atoms with Crippen LogP contribution in [0.4, 0.5) is 0 Å². The monoisotopic (exact) mass is 183 g/mol. The highest BCUT2D eigenvalue weighted by Crippen LogP contribution is 2.22. The normalized spacial score (nSPS) is 17.9. The Morgan fingerprint density at radius 2 is 2.15 bits per heavy atom. The average Bonchev–Trinajstić information content (AvgIpc) is 2.54. The van der Waals surface area contributed by atoms with Gasteiger partial charge in [0.05, 0.1) is 6.54 Å². The molecule has 3 nitrogen and oxygen atoms in total. The third kappa shape index (κ3) is 3.19. The van der Waals surface area contributed by atoms with Gasteiger partial charge in [0.15, 0.2) is 0 Å². The minimum absolute atomic E-state index is 0.149. The van der Waals surface area contributed by atoms with Crippen molar-refractivity contribution in [2.75, 3.05) is 13.1 Å². The first-order valence-electron chi connectivity index (χ1n) is 4.80. The number of carboxylic acids is 1. The van der Waals surface area contributed by atoms with Crippen LogP contribution < -0.4 is 0 Å². The van der Waals surface area contributed by atoms with Crippen LogP contribution in [-0.2, 0) is 4.79 Å². The van der Waals surface area contributed by atoms with Crippen molar-refractivity contribution in [3.05, 3.63) is 12.7 Å². The number of rotatable bonds is 5. The fraction of sp³-hybridized carbons (Fsp3) is 0.700. The number of carbonyl (C=O) groups is 1. The van der Waals surface area contributed by atoms with Gasteiger partial charge in [-0.05, 0) is 12.8 Å². The molecule has 0 radical (unpaired) electrons. The molecule has 0 unspecified atom stereocenters. The number of nitrogens with zero attached hydrogens (tertiary/aromatic N) is 1. The zero-order valence-corrected chi connectivity index (χ0v) is 7.91. The molecule has 1 rings (SSSR count). The second-order valence-corrected chi connectivity index (χ2v) is 3.55. The van der Waals surface area contributed by atoms with Gasteiger partial charge >= 0.3 is 5.97 Å². The van der Waals surface area contributed by atoms with Crippen molar-refractivity contribution in [3.8, 4) is 0 Å². The molecule has 0 heterocycles. The van der Waals surface area contributed by atoms with Crippen molar-refractivity contribution in [2.24, 2.45) is 0 Å². The predicted octanol–water partition coefficient (Wildman–Crippen LogP) is 1.50. The van der Waals surface area contributed by atoms with Gasteiger partial charge in [0, 0.05) is 12.6 Å². The minimum Gasteiger partial charge on any atom is -0.480 e. The summed E-state index contributed by atoms with van der Waals surface area (Å²) in [6.45, 7) is 4.49. The lowest BCUT2D eigenvalue weighted by molar-refractivity contribution is -0.138. The summed E-state index contributed by atoms with van der Waals surface area (Å²) in [6, 6.07) is 0.467. The molecule has 1 aliphatic carbocycles. The molecule has 0 aromatic rings. The van der Waals surface area contributed by atoms with E-state index < -0.39 is 5.97 Å². The lowest BCUT2D eigenvalue weighted by Gasteiger charge is -2.25. The van der Waals surface area contributed by atoms with Crippen LogP contribution >= 0.6 is 0 Å². The quantitative estimate of drug-likeness (QED) is 0.657. The summed E-state index contributed by atoms with van der Waals surface area (Å²) in [5, 5.41) is 8.69. The number of hydrogen-bond acceptors (Lipinski definition) is 2. The van der Waals surface area contributed by atoms with Gasteiger partial charge in [-0.25, -0.2) is 0 Å². The van der Waals surface area contributed by atoms with E-state index in [2.05, 4.69) is 6.58 Å². The molecule has 1 aliphatic rings. The minimum atomic E-state index is -0.742. The van der Waals surface area contributed by atoms with Crippen LogP contribution in [-0.4, -0.2) is 35.1 Å². The van der Waals surface area contributed by atoms with Crippen LogP contribution in [0.3, 0.4) is 0 Å². The topological polar surface area (TPSA) is 40.5 Å². The molecular weight excluding hydrogens is 166 g/mol. The number of aliphatic carboxylic acids is 1. The van der Waals surface area contributed by atoms with E-state index in [0.717, 1.165) is 12.8 Å². The molecule has 74 valence electrons. The molecule has 0 aliphatic heterocycles. The summed E-state index contributed by atoms with van der Waals surface area (Å²) in [5.41, 5.74) is 0. The molecule has 1 fully saturated rings. The van der Waals surface area contributed by atoms with Crippen LogP contribution in [0.5, 0.6) is 0 Å². The maximum Gasteiger partial charge on any atom is 0.317 e. The third-order valence-corrected chi connectivity index (χ3v) is 2.54. The molecule has 13 heavy (non-hydrogen) atoms. The van der Waals surface area contributed by atoms with Crippen LogP contribution in [0.2, 0.25) is 0 Å². The number of hydrogen-bond donors (Lipinski definition) is 1. The van der Waals surface area contributed by atoms with Gasteiger partial charge in [-0.3, -0.25) is 9.69 Å². The highest BCUT2D eigenvalue weighted by Gasteiger charge is 2.22. The molecule has 3 heteroatoms. The molecule has 0 amide bonds. The highest BCUT2D eigenvalue weighted by molar-refractivity contribution is 5.69. The Morgan fingerprint density at radius 3 is 2.62 bits per heavy atom. The predicted molar refractivity (Wildman–Crippen MR) is 51.7 cm³/mol. The zero-order valence-electron chi connectivity index (χ0n) is 7.91. The Balaban J connectivity index is 2.44. The molecule has 1 saturated carbocycles. The van der Waals surface area contributed by atoms with Crippen molar-refractivity contribution >= 4 is 5.97 Å². The molecule has 0 bridgehead atoms. The van der Waals surface area contributed by atoms with Crippen molar-refractivity contribution < 1.29 is 9.90 Å². The fourth-order valence-electron chi connectivity index (χ4n) is 1.95. The van der Waals surface area contributed by atoms with E-state index in [0.29, 0.717) is 12.6 Å². The van der Waals surface area contributed by atoms with Crippen molar-refractivity contribution in [3.63, 3.8) is 0 Å². The van der Waals surface area contributed by atoms with Crippen LogP contribution in [0.15, 0.2) is 12.7 Å². The van der Waals surface area contributed by atoms with Gasteiger partial charge in [0.2, 0.25) is 0 Å². The van der Waals surface area contributed by atoms with Crippen LogP contribution in [0.1, 0.15) is 25.7 Å². The standard InChI is InChI=1S/C10H17NO2/c1-2-7-11(8-10(12)13)9-5-3-4-6-9/h2,9H,1,3-8H2,(H,12,13). The summed E-state index contributed by atoms with van der Waals surface area (Å²) in [5.74, 6) is -0.742. The first kappa shape index (κ1) is 10.3. The summed E-state index contributed by atoms with van der Waals surface area (Å²) >= 11 is 0. The molecule has 0 aromatic heterocycles. The Bertz CT molecular complexity index is 185. The van der Waals surface area contributed by atoms with Gasteiger partial charge < -0.3 is 5.11 Å². The zero-order chi connectivity index (χ0) is 9.68. The fourth-order valence-corrected chi connectivity index (χ4v) is 1.95. The number of carboxylic acid groups (broad SMARTS) is 1. The van der Waals surface area contributed by atoms with E-state index in [9.17, 15) is 4.79 Å². The second-order valence-electron chi connectivity index (χ2n) is 3.55. The molecular formula is C10H17NO2. The third-order valence-electron chi connectivity index (χ3n) is 2.54. The van der Waals surface area contributed by atoms with Gasteiger partial charge in [-0.2, -0.15) is 0 Å². The second kappa shape index (κ2) is 5.02. The highest BCUT2D eigenvalue weighted by atomic mass is 16.4. The summed E-state index contributed by atoms with van der Waals surface area (Å²) in [4.78, 5) is 12.6. The van der Waals surface area contributed by atoms with Crippen LogP contribution in [0.25, 0.3) is 0 Å². The van der Waals surface area contributed by atoms with Gasteiger partial charge in [0.1, 0.15) is 0 Å². The van der Waals surface area contributed by atoms with E-state index in [1.807, 2.05) is 4.90 Å². The van der Waals surface area contributed by atoms with Gasteiger partial charge in [0.25, 0.3) is 0 Å². The first-order chi connectivity index (χ1) is 6.24. The summed E-state index contributed by atoms with van der Waals surface area (Å²) in [7, 11) is 0. The Labute approximate surface area is 79.0 Å². The molecule has 0 spiro atoms. The van der Waals surface area contributed by atoms with Crippen molar-refractivity contribution in [1.82, 2.24) is 4.90 Å². The molecule has 0 saturated heterocycles. The summed E-state index contributed by atoms with van der Waals surface area (Å²) < 4.78 is 0. The summed E-state index contributed by atoms with van der Waals surface area (Å²) in [6.07, 6.45) is 6.53. The Kier molecular flexibility index (Phi) is 3.96. The largest absolute Gasteiger partial charge is 0.480 e. The lowest BCUT2D eigenvalue weighted by atomic mass is 10.2. The maximum absolute atomic E-state index is 10.6. The van der Waals surface area contributed by atoms with E-state index in [1.165, 1.54) is 12.8 Å². The van der Waals surface area contributed by atoms with E-state index in [4.69, 9.17) is 5.11 Å². The molecule has 0 atom stereocenters. The van der Waals surface area contributed by atoms with Crippen molar-refractivity contribution in [2.45, 2.75) is 31.7 Å². The average molecular weight is 183 g/mol. The van der Waals surface area contributed by atoms with Crippen molar-refractivity contribution in [1.29, 1.82) is 0 Å². The van der Waals surface area contributed by atoms with E-state index in [1.54, 1.807) is 6.08 Å². The Hall–Kier alpha value is -0.830. The van der Waals surface area contributed by atoms with Crippen LogP contribution in [0, 0.1) is 0 Å². The van der Waals surface area contributed by atoms with Gasteiger partial charge in [-0.1, -0.05) is 18.9 Å². The molecule has 0 aromatic carbocycles. The van der Waals surface area contributed by atoms with E-state index >= 15 is 0 Å². The van der Waals surface area contributed by atoms with Gasteiger partial charge in [-0.15, -0.1) is 6.58 Å². The Morgan fingerprint density at radius 1 is 1.54 bits per heavy atom. The first-order valence-corrected chi connectivity index (χ1v) is 4.80. The smallest absolute Gasteiger partial charge is 0.317 e. The lowest BCUT2D eigenvalue weighted by Crippen LogP contribution is -2.37.